The van der Waals surface area contributed by atoms with E-state index in [1.54, 1.807) is 14.2 Å². The number of rotatable bonds is 11. The fraction of sp³-hybridized carbons (Fsp3) is 0.500. The third-order valence-corrected chi connectivity index (χ3v) is 4.60. The van der Waals surface area contributed by atoms with Crippen LogP contribution in [0.15, 0.2) is 30.2 Å². The molecule has 1 unspecified atom stereocenters. The number of methoxy groups -OCH3 is 3. The van der Waals surface area contributed by atoms with Crippen molar-refractivity contribution in [2.24, 2.45) is 0 Å². The Kier molecular flexibility index (Phi) is 8.24. The summed E-state index contributed by atoms with van der Waals surface area (Å²) in [6.07, 6.45) is 10.3. The van der Waals surface area contributed by atoms with E-state index in [9.17, 15) is 4.79 Å². The van der Waals surface area contributed by atoms with Crippen molar-refractivity contribution in [3.63, 3.8) is 0 Å². The number of ether oxygens (including phenoxy) is 4. The van der Waals surface area contributed by atoms with Crippen LogP contribution in [0.5, 0.6) is 11.5 Å². The minimum Gasteiger partial charge on any atom is -0.504 e. The Morgan fingerprint density at radius 2 is 1.85 bits per heavy atom. The van der Waals surface area contributed by atoms with Crippen LogP contribution in [0.3, 0.4) is 0 Å². The van der Waals surface area contributed by atoms with Gasteiger partial charge in [0.2, 0.25) is 0 Å². The highest BCUT2D eigenvalue weighted by Gasteiger charge is 2.26. The van der Waals surface area contributed by atoms with Crippen molar-refractivity contribution >= 4 is 11.9 Å². The molecule has 0 radical (unpaired) electrons. The molecule has 0 bridgehead atoms. The van der Waals surface area contributed by atoms with Crippen LogP contribution in [0.4, 0.5) is 0 Å². The van der Waals surface area contributed by atoms with Gasteiger partial charge in [-0.15, -0.1) is 0 Å². The maximum absolute atomic E-state index is 12.2. The van der Waals surface area contributed by atoms with Gasteiger partial charge in [0.1, 0.15) is 6.10 Å². The summed E-state index contributed by atoms with van der Waals surface area (Å²) in [6, 6.07) is 3.85. The summed E-state index contributed by atoms with van der Waals surface area (Å²) >= 11 is 0. The lowest BCUT2D eigenvalue weighted by atomic mass is 9.94. The first-order valence-electron chi connectivity index (χ1n) is 9.48. The van der Waals surface area contributed by atoms with Gasteiger partial charge in [0.25, 0.3) is 0 Å². The standard InChI is InChI=1S/C22H30O5/c1-5-6-7-8-9-18-12-16-13-21(25-3)22(26-4)15-19(16)20(27-18)14-17(23)10-11-24-2/h10-13,15,20H,5-9,14H2,1-4H3/b11-10+. The molecule has 1 aromatic rings. The van der Waals surface area contributed by atoms with Gasteiger partial charge in [0.15, 0.2) is 17.3 Å². The summed E-state index contributed by atoms with van der Waals surface area (Å²) in [7, 11) is 4.74. The Hall–Kier alpha value is -2.43. The number of fused-ring (bicyclic) bond motifs is 1. The van der Waals surface area contributed by atoms with Gasteiger partial charge in [0.05, 0.1) is 39.8 Å². The molecule has 27 heavy (non-hydrogen) atoms. The molecule has 1 aliphatic rings. The molecule has 2 rings (SSSR count). The largest absolute Gasteiger partial charge is 0.504 e. The molecule has 0 N–H and O–H groups in total. The van der Waals surface area contributed by atoms with Gasteiger partial charge < -0.3 is 18.9 Å². The Balaban J connectivity index is 2.28. The Labute approximate surface area is 162 Å². The van der Waals surface area contributed by atoms with E-state index in [2.05, 4.69) is 13.0 Å². The zero-order valence-electron chi connectivity index (χ0n) is 16.7. The van der Waals surface area contributed by atoms with Gasteiger partial charge in [0, 0.05) is 18.1 Å². The van der Waals surface area contributed by atoms with Gasteiger partial charge in [-0.25, -0.2) is 0 Å². The zero-order valence-corrected chi connectivity index (χ0v) is 16.7. The highest BCUT2D eigenvalue weighted by Crippen LogP contribution is 2.41. The molecule has 0 aliphatic carbocycles. The number of allylic oxidation sites excluding steroid dienone is 2. The van der Waals surface area contributed by atoms with Crippen molar-refractivity contribution in [3.05, 3.63) is 41.4 Å². The van der Waals surface area contributed by atoms with Crippen molar-refractivity contribution in [2.75, 3.05) is 21.3 Å². The second-order valence-corrected chi connectivity index (χ2v) is 6.57. The van der Waals surface area contributed by atoms with E-state index in [1.807, 2.05) is 12.1 Å². The predicted octanol–water partition coefficient (Wildman–Crippen LogP) is 5.21. The van der Waals surface area contributed by atoms with E-state index in [-0.39, 0.29) is 18.3 Å². The molecule has 1 heterocycles. The summed E-state index contributed by atoms with van der Waals surface area (Å²) in [4.78, 5) is 12.2. The minimum atomic E-state index is -0.347. The normalized spacial score (nSPS) is 15.7. The maximum atomic E-state index is 12.2. The molecule has 0 saturated heterocycles. The lowest BCUT2D eigenvalue weighted by molar-refractivity contribution is -0.117. The Bertz CT molecular complexity index is 690. The Morgan fingerprint density at radius 1 is 1.11 bits per heavy atom. The van der Waals surface area contributed by atoms with Crippen molar-refractivity contribution in [1.29, 1.82) is 0 Å². The molecule has 5 heteroatoms. The Morgan fingerprint density at radius 3 is 2.52 bits per heavy atom. The van der Waals surface area contributed by atoms with Crippen LogP contribution in [0.25, 0.3) is 6.08 Å². The fourth-order valence-electron chi connectivity index (χ4n) is 3.17. The number of carbonyl (C=O) groups is 1. The first kappa shape index (κ1) is 20.9. The highest BCUT2D eigenvalue weighted by atomic mass is 16.5. The third-order valence-electron chi connectivity index (χ3n) is 4.60. The number of hydrogen-bond donors (Lipinski definition) is 0. The predicted molar refractivity (Wildman–Crippen MR) is 106 cm³/mol. The van der Waals surface area contributed by atoms with Crippen LogP contribution in [0.2, 0.25) is 0 Å². The maximum Gasteiger partial charge on any atom is 0.162 e. The van der Waals surface area contributed by atoms with E-state index < -0.39 is 0 Å². The average molecular weight is 374 g/mol. The quantitative estimate of drug-likeness (QED) is 0.302. The molecule has 148 valence electrons. The first-order valence-corrected chi connectivity index (χ1v) is 9.48. The number of carbonyl (C=O) groups excluding carboxylic acids is 1. The minimum absolute atomic E-state index is 0.0465. The van der Waals surface area contributed by atoms with Crippen LogP contribution < -0.4 is 9.47 Å². The molecule has 0 fully saturated rings. The van der Waals surface area contributed by atoms with E-state index in [4.69, 9.17) is 18.9 Å². The van der Waals surface area contributed by atoms with E-state index in [0.717, 1.165) is 29.7 Å². The summed E-state index contributed by atoms with van der Waals surface area (Å²) in [6.45, 7) is 2.20. The fourth-order valence-corrected chi connectivity index (χ4v) is 3.17. The molecule has 1 atom stereocenters. The second-order valence-electron chi connectivity index (χ2n) is 6.57. The number of benzene rings is 1. The first-order chi connectivity index (χ1) is 13.1. The van der Waals surface area contributed by atoms with Gasteiger partial charge in [-0.05, 0) is 30.2 Å². The number of unbranched alkanes of at least 4 members (excludes halogenated alkanes) is 3. The van der Waals surface area contributed by atoms with Crippen molar-refractivity contribution in [3.8, 4) is 11.5 Å². The lowest BCUT2D eigenvalue weighted by Crippen LogP contribution is -2.15. The third kappa shape index (κ3) is 5.78. The lowest BCUT2D eigenvalue weighted by Gasteiger charge is -2.28. The van der Waals surface area contributed by atoms with Crippen LogP contribution in [0.1, 0.15) is 62.7 Å². The van der Waals surface area contributed by atoms with Crippen molar-refractivity contribution in [2.45, 2.75) is 51.6 Å². The van der Waals surface area contributed by atoms with Crippen molar-refractivity contribution < 1.29 is 23.7 Å². The second kappa shape index (κ2) is 10.7. The molecule has 0 saturated carbocycles. The average Bonchev–Trinajstić information content (AvgIpc) is 2.68. The van der Waals surface area contributed by atoms with E-state index >= 15 is 0 Å². The van der Waals surface area contributed by atoms with Gasteiger partial charge in [-0.3, -0.25) is 4.79 Å². The van der Waals surface area contributed by atoms with Gasteiger partial charge in [-0.1, -0.05) is 26.2 Å². The summed E-state index contributed by atoms with van der Waals surface area (Å²) in [5, 5.41) is 0. The van der Waals surface area contributed by atoms with Gasteiger partial charge in [-0.2, -0.15) is 0 Å². The number of ketones is 1. The van der Waals surface area contributed by atoms with Crippen molar-refractivity contribution in [1.82, 2.24) is 0 Å². The highest BCUT2D eigenvalue weighted by molar-refractivity contribution is 5.90. The van der Waals surface area contributed by atoms with Crippen LogP contribution >= 0.6 is 0 Å². The molecule has 0 spiro atoms. The summed E-state index contributed by atoms with van der Waals surface area (Å²) in [5.74, 6) is 2.17. The molecule has 1 aromatic carbocycles. The molecular weight excluding hydrogens is 344 g/mol. The summed E-state index contributed by atoms with van der Waals surface area (Å²) < 4.78 is 21.9. The monoisotopic (exact) mass is 374 g/mol. The molecule has 0 amide bonds. The molecule has 0 aromatic heterocycles. The van der Waals surface area contributed by atoms with Crippen LogP contribution in [-0.4, -0.2) is 27.1 Å². The van der Waals surface area contributed by atoms with Crippen LogP contribution in [0, 0.1) is 0 Å². The molecule has 5 nitrogen and oxygen atoms in total. The molecule has 1 aliphatic heterocycles. The van der Waals surface area contributed by atoms with Crippen LogP contribution in [-0.2, 0) is 14.3 Å². The molecular formula is C22H30O5. The zero-order chi connectivity index (χ0) is 19.6. The topological polar surface area (TPSA) is 54.0 Å². The van der Waals surface area contributed by atoms with E-state index in [1.165, 1.54) is 38.7 Å². The van der Waals surface area contributed by atoms with E-state index in [0.29, 0.717) is 11.5 Å². The summed E-state index contributed by atoms with van der Waals surface area (Å²) in [5.41, 5.74) is 1.95. The van der Waals surface area contributed by atoms with Gasteiger partial charge >= 0.3 is 0 Å². The SMILES string of the molecule is CCCCCCC1=Cc2cc(OC)c(OC)cc2C(CC(=O)/C=C/OC)O1. The smallest absolute Gasteiger partial charge is 0.162 e. The number of hydrogen-bond acceptors (Lipinski definition) is 5.